The molecule has 1 aliphatic rings. The molecule has 0 saturated carbocycles. The number of carbonyl (C=O) groups excluding carboxylic acids is 1. The van der Waals surface area contributed by atoms with Crippen LogP contribution >= 0.6 is 11.6 Å². The van der Waals surface area contributed by atoms with E-state index in [1.807, 2.05) is 42.0 Å². The standard InChI is InChI=1S/C22H29ClN6O/c1-3-28(4-2)22(30)29-9-7-16(8-10-29)13-25-14-18(12-24)17-11-20-19(26-15-17)5-6-21(23)27-20/h5-6,11-12,14-16,24-25H,3-4,7-10,13H2,1-2H3/b18-14+,24-12?. The number of hydrogen-bond donors (Lipinski definition) is 2. The number of allylic oxidation sites excluding steroid dienone is 1. The van der Waals surface area contributed by atoms with Gasteiger partial charge >= 0.3 is 6.03 Å². The Labute approximate surface area is 182 Å². The molecule has 3 rings (SSSR count). The molecule has 30 heavy (non-hydrogen) atoms. The highest BCUT2D eigenvalue weighted by Gasteiger charge is 2.24. The van der Waals surface area contributed by atoms with Gasteiger partial charge in [-0.2, -0.15) is 0 Å². The first-order valence-corrected chi connectivity index (χ1v) is 10.8. The minimum Gasteiger partial charge on any atom is -0.390 e. The molecule has 2 aromatic rings. The topological polar surface area (TPSA) is 85.2 Å². The van der Waals surface area contributed by atoms with E-state index >= 15 is 0 Å². The minimum absolute atomic E-state index is 0.148. The fraction of sp³-hybridized carbons (Fsp3) is 0.455. The summed E-state index contributed by atoms with van der Waals surface area (Å²) in [4.78, 5) is 25.0. The van der Waals surface area contributed by atoms with E-state index in [-0.39, 0.29) is 6.03 Å². The van der Waals surface area contributed by atoms with Crippen LogP contribution in [-0.2, 0) is 0 Å². The molecule has 2 aromatic heterocycles. The molecule has 0 spiro atoms. The van der Waals surface area contributed by atoms with Gasteiger partial charge in [-0.05, 0) is 50.8 Å². The van der Waals surface area contributed by atoms with Crippen LogP contribution in [-0.4, -0.2) is 64.7 Å². The van der Waals surface area contributed by atoms with Crippen LogP contribution in [0.15, 0.2) is 30.6 Å². The number of hydrogen-bond acceptors (Lipinski definition) is 5. The summed E-state index contributed by atoms with van der Waals surface area (Å²) >= 11 is 5.98. The average molecular weight is 429 g/mol. The maximum Gasteiger partial charge on any atom is 0.319 e. The molecule has 2 amide bonds. The zero-order valence-corrected chi connectivity index (χ0v) is 18.3. The quantitative estimate of drug-likeness (QED) is 0.514. The van der Waals surface area contributed by atoms with E-state index in [1.165, 1.54) is 6.21 Å². The van der Waals surface area contributed by atoms with Crippen molar-refractivity contribution in [3.8, 4) is 0 Å². The number of pyridine rings is 2. The summed E-state index contributed by atoms with van der Waals surface area (Å²) < 4.78 is 0. The highest BCUT2D eigenvalue weighted by atomic mass is 35.5. The van der Waals surface area contributed by atoms with Crippen molar-refractivity contribution in [2.24, 2.45) is 5.92 Å². The van der Waals surface area contributed by atoms with Gasteiger partial charge in [0.2, 0.25) is 0 Å². The molecule has 0 atom stereocenters. The number of nitrogens with one attached hydrogen (secondary N) is 2. The fourth-order valence-electron chi connectivity index (χ4n) is 3.71. The summed E-state index contributed by atoms with van der Waals surface area (Å²) in [5.41, 5.74) is 3.03. The second kappa shape index (κ2) is 10.4. The number of carbonyl (C=O) groups is 1. The molecular weight excluding hydrogens is 400 g/mol. The van der Waals surface area contributed by atoms with Gasteiger partial charge in [-0.25, -0.2) is 9.78 Å². The third-order valence-corrected chi connectivity index (χ3v) is 5.79. The molecule has 0 aromatic carbocycles. The van der Waals surface area contributed by atoms with Gasteiger partial charge in [-0.15, -0.1) is 0 Å². The highest BCUT2D eigenvalue weighted by Crippen LogP contribution is 2.20. The monoisotopic (exact) mass is 428 g/mol. The molecule has 3 heterocycles. The largest absolute Gasteiger partial charge is 0.390 e. The lowest BCUT2D eigenvalue weighted by atomic mass is 9.97. The highest BCUT2D eigenvalue weighted by molar-refractivity contribution is 6.29. The zero-order chi connectivity index (χ0) is 21.5. The van der Waals surface area contributed by atoms with Gasteiger partial charge in [0, 0.05) is 62.5 Å². The molecule has 0 bridgehead atoms. The molecule has 2 N–H and O–H groups in total. The lowest BCUT2D eigenvalue weighted by molar-refractivity contribution is 0.136. The molecule has 1 fully saturated rings. The Kier molecular flexibility index (Phi) is 7.63. The van der Waals surface area contributed by atoms with Crippen molar-refractivity contribution in [2.45, 2.75) is 26.7 Å². The Morgan fingerprint density at radius 3 is 2.70 bits per heavy atom. The molecule has 0 radical (unpaired) electrons. The number of urea groups is 1. The number of halogens is 1. The molecule has 7 nitrogen and oxygen atoms in total. The van der Waals surface area contributed by atoms with Crippen molar-refractivity contribution < 1.29 is 4.79 Å². The van der Waals surface area contributed by atoms with Crippen molar-refractivity contribution in [2.75, 3.05) is 32.7 Å². The van der Waals surface area contributed by atoms with Gasteiger partial charge in [0.25, 0.3) is 0 Å². The Morgan fingerprint density at radius 2 is 2.03 bits per heavy atom. The predicted octanol–water partition coefficient (Wildman–Crippen LogP) is 4.04. The lowest BCUT2D eigenvalue weighted by Gasteiger charge is -2.35. The van der Waals surface area contributed by atoms with Crippen LogP contribution in [0.25, 0.3) is 16.6 Å². The van der Waals surface area contributed by atoms with Crippen molar-refractivity contribution in [3.63, 3.8) is 0 Å². The number of nitrogens with zero attached hydrogens (tertiary/aromatic N) is 4. The summed E-state index contributed by atoms with van der Waals surface area (Å²) in [6.07, 6.45) is 6.87. The van der Waals surface area contributed by atoms with Gasteiger partial charge < -0.3 is 20.5 Å². The summed E-state index contributed by atoms with van der Waals surface area (Å²) in [5, 5.41) is 11.5. The van der Waals surface area contributed by atoms with Crippen LogP contribution in [0.5, 0.6) is 0 Å². The van der Waals surface area contributed by atoms with Crippen molar-refractivity contribution in [1.29, 1.82) is 5.41 Å². The van der Waals surface area contributed by atoms with Crippen LogP contribution in [0.1, 0.15) is 32.3 Å². The van der Waals surface area contributed by atoms with E-state index in [4.69, 9.17) is 17.0 Å². The summed E-state index contributed by atoms with van der Waals surface area (Å²) in [6.45, 7) is 7.93. The van der Waals surface area contributed by atoms with E-state index < -0.39 is 0 Å². The third-order valence-electron chi connectivity index (χ3n) is 5.58. The minimum atomic E-state index is 0.148. The van der Waals surface area contributed by atoms with Crippen LogP contribution in [0.4, 0.5) is 4.79 Å². The van der Waals surface area contributed by atoms with Crippen LogP contribution in [0.3, 0.4) is 0 Å². The maximum absolute atomic E-state index is 12.5. The summed E-state index contributed by atoms with van der Waals surface area (Å²) in [7, 11) is 0. The first kappa shape index (κ1) is 22.0. The normalized spacial score (nSPS) is 15.3. The Bertz CT molecular complexity index is 919. The number of likely N-dealkylation sites (tertiary alicyclic amines) is 1. The smallest absolute Gasteiger partial charge is 0.319 e. The number of fused-ring (bicyclic) bond motifs is 1. The molecule has 160 valence electrons. The molecule has 1 saturated heterocycles. The number of piperidine rings is 1. The van der Waals surface area contributed by atoms with Gasteiger partial charge in [-0.1, -0.05) is 11.6 Å². The maximum atomic E-state index is 12.5. The molecule has 0 aliphatic carbocycles. The first-order valence-electron chi connectivity index (χ1n) is 10.5. The van der Waals surface area contributed by atoms with E-state index in [2.05, 4.69) is 15.3 Å². The fourth-order valence-corrected chi connectivity index (χ4v) is 3.86. The molecule has 1 aliphatic heterocycles. The van der Waals surface area contributed by atoms with Gasteiger partial charge in [0.05, 0.1) is 11.0 Å². The third kappa shape index (κ3) is 5.27. The second-order valence-electron chi connectivity index (χ2n) is 7.43. The van der Waals surface area contributed by atoms with Crippen LogP contribution < -0.4 is 5.32 Å². The first-order chi connectivity index (χ1) is 14.5. The van der Waals surface area contributed by atoms with Gasteiger partial charge in [0.15, 0.2) is 0 Å². The Balaban J connectivity index is 1.56. The van der Waals surface area contributed by atoms with Crippen molar-refractivity contribution >= 4 is 40.5 Å². The van der Waals surface area contributed by atoms with E-state index in [1.54, 1.807) is 12.3 Å². The number of aromatic nitrogens is 2. The van der Waals surface area contributed by atoms with E-state index in [0.29, 0.717) is 16.6 Å². The Morgan fingerprint density at radius 1 is 1.30 bits per heavy atom. The van der Waals surface area contributed by atoms with Crippen LogP contribution in [0.2, 0.25) is 5.15 Å². The van der Waals surface area contributed by atoms with Crippen molar-refractivity contribution in [3.05, 3.63) is 41.3 Å². The van der Waals surface area contributed by atoms with Gasteiger partial charge in [-0.3, -0.25) is 4.98 Å². The average Bonchev–Trinajstić information content (AvgIpc) is 2.77. The van der Waals surface area contributed by atoms with Gasteiger partial charge in [0.1, 0.15) is 5.15 Å². The molecule has 8 heteroatoms. The SMILES string of the molecule is CCN(CC)C(=O)N1CCC(CN/C=C(\C=N)c2cnc3ccc(Cl)nc3c2)CC1. The summed E-state index contributed by atoms with van der Waals surface area (Å²) in [5.74, 6) is 0.504. The van der Waals surface area contributed by atoms with Crippen molar-refractivity contribution in [1.82, 2.24) is 25.1 Å². The second-order valence-corrected chi connectivity index (χ2v) is 7.82. The van der Waals surface area contributed by atoms with E-state index in [0.717, 1.165) is 62.2 Å². The number of amides is 2. The van der Waals surface area contributed by atoms with Crippen LogP contribution in [0, 0.1) is 11.3 Å². The zero-order valence-electron chi connectivity index (χ0n) is 17.6. The van der Waals surface area contributed by atoms with E-state index in [9.17, 15) is 4.79 Å². The molecular formula is C22H29ClN6O. The summed E-state index contributed by atoms with van der Waals surface area (Å²) in [6, 6.07) is 5.59. The molecule has 0 unspecified atom stereocenters. The Hall–Kier alpha value is -2.67. The number of rotatable bonds is 7. The lowest BCUT2D eigenvalue weighted by Crippen LogP contribution is -2.47. The predicted molar refractivity (Wildman–Crippen MR) is 122 cm³/mol.